The summed E-state index contributed by atoms with van der Waals surface area (Å²) in [4.78, 5) is 7.19. The zero-order valence-electron chi connectivity index (χ0n) is 7.50. The first-order valence-electron chi connectivity index (χ1n) is 4.12. The van der Waals surface area contributed by atoms with Crippen LogP contribution in [-0.2, 0) is 4.74 Å². The number of nitrogens with zero attached hydrogens (tertiary/aromatic N) is 1. The maximum atomic E-state index is 5.29. The van der Waals surface area contributed by atoms with E-state index in [1.807, 2.05) is 20.2 Å². The van der Waals surface area contributed by atoms with Crippen molar-refractivity contribution in [2.45, 2.75) is 13.0 Å². The van der Waals surface area contributed by atoms with Gasteiger partial charge in [0, 0.05) is 19.0 Å². The summed E-state index contributed by atoms with van der Waals surface area (Å²) in [7, 11) is 1.90. The number of rotatable bonds is 5. The summed E-state index contributed by atoms with van der Waals surface area (Å²) in [6.07, 6.45) is 3.55. The zero-order valence-corrected chi connectivity index (χ0v) is 7.50. The second-order valence-corrected chi connectivity index (χ2v) is 2.48. The van der Waals surface area contributed by atoms with Crippen molar-refractivity contribution < 1.29 is 4.74 Å². The fraction of sp³-hybridized carbons (Fsp3) is 0.625. The summed E-state index contributed by atoms with van der Waals surface area (Å²) >= 11 is 0. The first-order chi connectivity index (χ1) is 5.88. The number of hydrogen-bond donors (Lipinski definition) is 2. The minimum atomic E-state index is 0.167. The number of aromatic amines is 1. The van der Waals surface area contributed by atoms with Gasteiger partial charge in [-0.3, -0.25) is 0 Å². The predicted octanol–water partition coefficient (Wildman–Crippen LogP) is 0.707. The van der Waals surface area contributed by atoms with Crippen molar-refractivity contribution in [2.24, 2.45) is 0 Å². The quantitative estimate of drug-likeness (QED) is 0.682. The molecule has 0 amide bonds. The highest BCUT2D eigenvalue weighted by atomic mass is 16.5. The van der Waals surface area contributed by atoms with Crippen LogP contribution < -0.4 is 5.32 Å². The van der Waals surface area contributed by atoms with Gasteiger partial charge in [-0.2, -0.15) is 0 Å². The third-order valence-corrected chi connectivity index (χ3v) is 1.69. The van der Waals surface area contributed by atoms with Crippen LogP contribution in [0.1, 0.15) is 18.8 Å². The highest BCUT2D eigenvalue weighted by Gasteiger charge is 2.10. The number of ether oxygens (including phenoxy) is 1. The summed E-state index contributed by atoms with van der Waals surface area (Å²) in [6.45, 7) is 3.37. The number of likely N-dealkylation sites (N-methyl/N-ethyl adjacent to an activating group) is 1. The Balaban J connectivity index is 2.45. The molecule has 0 aliphatic heterocycles. The van der Waals surface area contributed by atoms with Crippen LogP contribution in [0, 0.1) is 0 Å². The lowest BCUT2D eigenvalue weighted by Gasteiger charge is -2.12. The van der Waals surface area contributed by atoms with Crippen LogP contribution in [-0.4, -0.2) is 30.2 Å². The van der Waals surface area contributed by atoms with Gasteiger partial charge in [0.2, 0.25) is 0 Å². The Bertz CT molecular complexity index is 198. The van der Waals surface area contributed by atoms with E-state index < -0.39 is 0 Å². The van der Waals surface area contributed by atoms with Gasteiger partial charge in [-0.25, -0.2) is 4.98 Å². The van der Waals surface area contributed by atoms with Crippen LogP contribution in [0.25, 0.3) is 0 Å². The lowest BCUT2D eigenvalue weighted by molar-refractivity contribution is 0.123. The maximum Gasteiger partial charge on any atom is 0.125 e. The Morgan fingerprint density at radius 3 is 3.08 bits per heavy atom. The van der Waals surface area contributed by atoms with Gasteiger partial charge >= 0.3 is 0 Å². The molecule has 1 heterocycles. The fourth-order valence-electron chi connectivity index (χ4n) is 1.00. The van der Waals surface area contributed by atoms with E-state index in [-0.39, 0.29) is 6.04 Å². The molecule has 0 aliphatic rings. The summed E-state index contributed by atoms with van der Waals surface area (Å²) in [6, 6.07) is 0.167. The molecule has 1 unspecified atom stereocenters. The molecule has 1 aromatic heterocycles. The normalized spacial score (nSPS) is 13.2. The molecule has 0 aromatic carbocycles. The molecular weight excluding hydrogens is 154 g/mol. The smallest absolute Gasteiger partial charge is 0.125 e. The van der Waals surface area contributed by atoms with E-state index in [2.05, 4.69) is 15.3 Å². The van der Waals surface area contributed by atoms with E-state index in [1.54, 1.807) is 6.20 Å². The van der Waals surface area contributed by atoms with Crippen molar-refractivity contribution in [3.63, 3.8) is 0 Å². The van der Waals surface area contributed by atoms with E-state index in [0.717, 1.165) is 12.4 Å². The molecule has 68 valence electrons. The van der Waals surface area contributed by atoms with E-state index >= 15 is 0 Å². The number of aromatic nitrogens is 2. The van der Waals surface area contributed by atoms with E-state index in [4.69, 9.17) is 4.74 Å². The Morgan fingerprint density at radius 2 is 2.58 bits per heavy atom. The van der Waals surface area contributed by atoms with Crippen molar-refractivity contribution in [1.29, 1.82) is 0 Å². The van der Waals surface area contributed by atoms with Gasteiger partial charge in [0.05, 0.1) is 12.6 Å². The van der Waals surface area contributed by atoms with Crippen molar-refractivity contribution >= 4 is 0 Å². The van der Waals surface area contributed by atoms with Gasteiger partial charge in [0.25, 0.3) is 0 Å². The van der Waals surface area contributed by atoms with Crippen LogP contribution in [0.2, 0.25) is 0 Å². The second kappa shape index (κ2) is 4.90. The summed E-state index contributed by atoms with van der Waals surface area (Å²) in [5, 5.41) is 3.12. The molecule has 0 saturated heterocycles. The second-order valence-electron chi connectivity index (χ2n) is 2.48. The first kappa shape index (κ1) is 9.22. The van der Waals surface area contributed by atoms with Gasteiger partial charge in [0.15, 0.2) is 0 Å². The Morgan fingerprint density at radius 1 is 1.75 bits per heavy atom. The van der Waals surface area contributed by atoms with Crippen LogP contribution in [0.3, 0.4) is 0 Å². The molecule has 1 aromatic rings. The van der Waals surface area contributed by atoms with E-state index in [9.17, 15) is 0 Å². The highest BCUT2D eigenvalue weighted by Crippen LogP contribution is 2.05. The molecule has 0 fully saturated rings. The molecule has 0 saturated carbocycles. The third-order valence-electron chi connectivity index (χ3n) is 1.69. The summed E-state index contributed by atoms with van der Waals surface area (Å²) < 4.78 is 5.29. The minimum absolute atomic E-state index is 0.167. The first-order valence-corrected chi connectivity index (χ1v) is 4.12. The summed E-state index contributed by atoms with van der Waals surface area (Å²) in [5.74, 6) is 0.922. The average Bonchev–Trinajstić information content (AvgIpc) is 2.59. The standard InChI is InChI=1S/C8H15N3O/c1-3-12-6-7(9-2)8-10-4-5-11-8/h4-5,7,9H,3,6H2,1-2H3,(H,10,11). The van der Waals surface area contributed by atoms with Crippen LogP contribution >= 0.6 is 0 Å². The largest absolute Gasteiger partial charge is 0.380 e. The van der Waals surface area contributed by atoms with Crippen LogP contribution in [0.4, 0.5) is 0 Å². The van der Waals surface area contributed by atoms with E-state index in [1.165, 1.54) is 0 Å². The molecular formula is C8H15N3O. The molecule has 0 spiro atoms. The van der Waals surface area contributed by atoms with E-state index in [0.29, 0.717) is 6.61 Å². The molecule has 4 heteroatoms. The molecule has 0 aliphatic carbocycles. The van der Waals surface area contributed by atoms with Crippen molar-refractivity contribution in [2.75, 3.05) is 20.3 Å². The van der Waals surface area contributed by atoms with Gasteiger partial charge in [0.1, 0.15) is 5.82 Å². The Hall–Kier alpha value is -0.870. The number of imidazole rings is 1. The topological polar surface area (TPSA) is 49.9 Å². The number of H-pyrrole nitrogens is 1. The van der Waals surface area contributed by atoms with Gasteiger partial charge < -0.3 is 15.0 Å². The fourth-order valence-corrected chi connectivity index (χ4v) is 1.00. The van der Waals surface area contributed by atoms with Crippen molar-refractivity contribution in [1.82, 2.24) is 15.3 Å². The van der Waals surface area contributed by atoms with Gasteiger partial charge in [-0.05, 0) is 14.0 Å². The zero-order chi connectivity index (χ0) is 8.81. The molecule has 2 N–H and O–H groups in total. The predicted molar refractivity (Wildman–Crippen MR) is 46.9 cm³/mol. The SMILES string of the molecule is CCOCC(NC)c1ncc[nH]1. The third kappa shape index (κ3) is 2.32. The molecule has 4 nitrogen and oxygen atoms in total. The monoisotopic (exact) mass is 169 g/mol. The molecule has 0 bridgehead atoms. The van der Waals surface area contributed by atoms with Crippen molar-refractivity contribution in [3.05, 3.63) is 18.2 Å². The van der Waals surface area contributed by atoms with Crippen molar-refractivity contribution in [3.8, 4) is 0 Å². The van der Waals surface area contributed by atoms with Gasteiger partial charge in [-0.1, -0.05) is 0 Å². The lowest BCUT2D eigenvalue weighted by Crippen LogP contribution is -2.22. The molecule has 1 rings (SSSR count). The Kier molecular flexibility index (Phi) is 3.76. The van der Waals surface area contributed by atoms with Crippen LogP contribution in [0.15, 0.2) is 12.4 Å². The summed E-state index contributed by atoms with van der Waals surface area (Å²) in [5.41, 5.74) is 0. The lowest BCUT2D eigenvalue weighted by atomic mass is 10.3. The molecule has 1 atom stereocenters. The molecule has 12 heavy (non-hydrogen) atoms. The average molecular weight is 169 g/mol. The maximum absolute atomic E-state index is 5.29. The molecule has 0 radical (unpaired) electrons. The highest BCUT2D eigenvalue weighted by molar-refractivity contribution is 4.94. The Labute approximate surface area is 72.3 Å². The van der Waals surface area contributed by atoms with Gasteiger partial charge in [-0.15, -0.1) is 0 Å². The number of hydrogen-bond acceptors (Lipinski definition) is 3. The minimum Gasteiger partial charge on any atom is -0.380 e. The number of nitrogens with one attached hydrogen (secondary N) is 2. The van der Waals surface area contributed by atoms with Crippen LogP contribution in [0.5, 0.6) is 0 Å².